The number of aromatic nitrogens is 2. The van der Waals surface area contributed by atoms with Gasteiger partial charge in [-0.3, -0.25) is 9.59 Å². The highest BCUT2D eigenvalue weighted by atomic mass is 16.5. The Hall–Kier alpha value is -3.61. The Morgan fingerprint density at radius 3 is 2.28 bits per heavy atom. The van der Waals surface area contributed by atoms with Crippen molar-refractivity contribution in [3.8, 4) is 22.7 Å². The van der Waals surface area contributed by atoms with Gasteiger partial charge in [0.25, 0.3) is 5.91 Å². The van der Waals surface area contributed by atoms with E-state index < -0.39 is 5.54 Å². The van der Waals surface area contributed by atoms with E-state index in [0.29, 0.717) is 0 Å². The molecule has 0 unspecified atom stereocenters. The van der Waals surface area contributed by atoms with E-state index in [1.54, 1.807) is 31.7 Å². The molecule has 4 rings (SSSR count). The normalized spacial score (nSPS) is 13.8. The zero-order valence-electron chi connectivity index (χ0n) is 18.7. The number of hydrogen-bond donors (Lipinski definition) is 1. The summed E-state index contributed by atoms with van der Waals surface area (Å²) in [5.74, 6) is 0.299. The summed E-state index contributed by atoms with van der Waals surface area (Å²) in [4.78, 5) is 27.8. The molecule has 1 aliphatic rings. The topological polar surface area (TPSA) is 76.5 Å². The van der Waals surface area contributed by atoms with E-state index in [9.17, 15) is 9.59 Å². The molecule has 0 bridgehead atoms. The van der Waals surface area contributed by atoms with E-state index in [-0.39, 0.29) is 17.5 Å². The van der Waals surface area contributed by atoms with Gasteiger partial charge in [-0.1, -0.05) is 18.2 Å². The van der Waals surface area contributed by atoms with E-state index in [1.807, 2.05) is 59.5 Å². The van der Waals surface area contributed by atoms with Crippen molar-refractivity contribution in [2.75, 3.05) is 20.2 Å². The standard InChI is InChI=1S/C25H28N4O3/c1-25(2,24(31)28-15-7-8-16-28)26-23(30)21-17-22(18-11-13-20(32-3)14-12-18)29(27-21)19-9-5-4-6-10-19/h4-6,9-14,17H,7-8,15-16H2,1-3H3,(H,26,30). The van der Waals surface area contributed by atoms with Crippen LogP contribution in [-0.2, 0) is 4.79 Å². The summed E-state index contributed by atoms with van der Waals surface area (Å²) in [5.41, 5.74) is 1.74. The minimum atomic E-state index is -1.02. The van der Waals surface area contributed by atoms with Crippen LogP contribution in [0.3, 0.4) is 0 Å². The van der Waals surface area contributed by atoms with Gasteiger partial charge in [0.2, 0.25) is 5.91 Å². The largest absolute Gasteiger partial charge is 0.497 e. The first kappa shape index (κ1) is 21.6. The fourth-order valence-electron chi connectivity index (χ4n) is 3.94. The Morgan fingerprint density at radius 1 is 1.00 bits per heavy atom. The van der Waals surface area contributed by atoms with Crippen LogP contribution >= 0.6 is 0 Å². The van der Waals surface area contributed by atoms with Crippen LogP contribution in [0.4, 0.5) is 0 Å². The van der Waals surface area contributed by atoms with Gasteiger partial charge in [-0.25, -0.2) is 4.68 Å². The van der Waals surface area contributed by atoms with Crippen LogP contribution in [0, 0.1) is 0 Å². The smallest absolute Gasteiger partial charge is 0.272 e. The Kier molecular flexibility index (Phi) is 5.99. The Bertz CT molecular complexity index is 1100. The van der Waals surface area contributed by atoms with E-state index in [2.05, 4.69) is 10.4 Å². The van der Waals surface area contributed by atoms with Crippen LogP contribution in [0.5, 0.6) is 5.75 Å². The third-order valence-corrected chi connectivity index (χ3v) is 5.68. The fourth-order valence-corrected chi connectivity index (χ4v) is 3.94. The molecule has 1 fully saturated rings. The van der Waals surface area contributed by atoms with Crippen LogP contribution in [-0.4, -0.2) is 52.2 Å². The lowest BCUT2D eigenvalue weighted by molar-refractivity contribution is -0.135. The Morgan fingerprint density at radius 2 is 1.66 bits per heavy atom. The molecule has 1 saturated heterocycles. The number of benzene rings is 2. The summed E-state index contributed by atoms with van der Waals surface area (Å²) < 4.78 is 7.00. The van der Waals surface area contributed by atoms with Gasteiger partial charge in [-0.15, -0.1) is 0 Å². The molecule has 2 heterocycles. The lowest BCUT2D eigenvalue weighted by atomic mass is 10.0. The predicted molar refractivity (Wildman–Crippen MR) is 123 cm³/mol. The maximum Gasteiger partial charge on any atom is 0.272 e. The second-order valence-corrected chi connectivity index (χ2v) is 8.47. The van der Waals surface area contributed by atoms with Crippen molar-refractivity contribution in [2.24, 2.45) is 0 Å². The average Bonchev–Trinajstić information content (AvgIpc) is 3.49. The monoisotopic (exact) mass is 432 g/mol. The van der Waals surface area contributed by atoms with Crippen molar-refractivity contribution in [3.63, 3.8) is 0 Å². The fraction of sp³-hybridized carbons (Fsp3) is 0.320. The summed E-state index contributed by atoms with van der Waals surface area (Å²) in [6, 6.07) is 19.0. The summed E-state index contributed by atoms with van der Waals surface area (Å²) >= 11 is 0. The van der Waals surface area contributed by atoms with Gasteiger partial charge in [-0.2, -0.15) is 5.10 Å². The number of methoxy groups -OCH3 is 1. The number of ether oxygens (including phenoxy) is 1. The van der Waals surface area contributed by atoms with Gasteiger partial charge in [0.15, 0.2) is 5.69 Å². The number of nitrogens with zero attached hydrogens (tertiary/aromatic N) is 3. The highest BCUT2D eigenvalue weighted by molar-refractivity contribution is 5.98. The molecule has 2 aromatic carbocycles. The molecule has 1 aromatic heterocycles. The second kappa shape index (κ2) is 8.86. The second-order valence-electron chi connectivity index (χ2n) is 8.47. The Balaban J connectivity index is 1.65. The van der Waals surface area contributed by atoms with Gasteiger partial charge < -0.3 is 15.0 Å². The minimum absolute atomic E-state index is 0.0683. The number of hydrogen-bond acceptors (Lipinski definition) is 4. The molecule has 0 atom stereocenters. The van der Waals surface area contributed by atoms with Crippen molar-refractivity contribution in [2.45, 2.75) is 32.2 Å². The molecule has 7 nitrogen and oxygen atoms in total. The van der Waals surface area contributed by atoms with Gasteiger partial charge in [0, 0.05) is 18.7 Å². The summed E-state index contributed by atoms with van der Waals surface area (Å²) in [6.45, 7) is 4.96. The third-order valence-electron chi connectivity index (χ3n) is 5.68. The van der Waals surface area contributed by atoms with E-state index in [1.165, 1.54) is 0 Å². The maximum atomic E-state index is 13.1. The molecule has 0 saturated carbocycles. The van der Waals surface area contributed by atoms with Crippen molar-refractivity contribution in [3.05, 3.63) is 66.4 Å². The van der Waals surface area contributed by atoms with Crippen molar-refractivity contribution in [1.29, 1.82) is 0 Å². The van der Waals surface area contributed by atoms with Crippen molar-refractivity contribution < 1.29 is 14.3 Å². The lowest BCUT2D eigenvalue weighted by Crippen LogP contribution is -2.55. The van der Waals surface area contributed by atoms with Crippen LogP contribution in [0.25, 0.3) is 16.9 Å². The first-order valence-corrected chi connectivity index (χ1v) is 10.8. The van der Waals surface area contributed by atoms with Gasteiger partial charge >= 0.3 is 0 Å². The van der Waals surface area contributed by atoms with Crippen LogP contribution in [0.15, 0.2) is 60.7 Å². The number of carbonyl (C=O) groups is 2. The number of para-hydroxylation sites is 1. The summed E-state index contributed by atoms with van der Waals surface area (Å²) in [7, 11) is 1.62. The molecule has 3 aromatic rings. The zero-order valence-corrected chi connectivity index (χ0v) is 18.7. The number of likely N-dealkylation sites (tertiary alicyclic amines) is 1. The lowest BCUT2D eigenvalue weighted by Gasteiger charge is -2.29. The van der Waals surface area contributed by atoms with Crippen molar-refractivity contribution in [1.82, 2.24) is 20.0 Å². The van der Waals surface area contributed by atoms with Crippen LogP contribution in [0.1, 0.15) is 37.2 Å². The molecule has 0 aliphatic carbocycles. The number of nitrogens with one attached hydrogen (secondary N) is 1. The van der Waals surface area contributed by atoms with Crippen LogP contribution in [0.2, 0.25) is 0 Å². The molecule has 0 spiro atoms. The highest BCUT2D eigenvalue weighted by Gasteiger charge is 2.35. The molecule has 166 valence electrons. The molecular weight excluding hydrogens is 404 g/mol. The molecule has 7 heteroatoms. The number of carbonyl (C=O) groups excluding carboxylic acids is 2. The minimum Gasteiger partial charge on any atom is -0.497 e. The van der Waals surface area contributed by atoms with E-state index >= 15 is 0 Å². The molecule has 1 aliphatic heterocycles. The maximum absolute atomic E-state index is 13.1. The third kappa shape index (κ3) is 4.37. The summed E-state index contributed by atoms with van der Waals surface area (Å²) in [5, 5.41) is 7.47. The van der Waals surface area contributed by atoms with Gasteiger partial charge in [-0.05, 0) is 69.2 Å². The number of rotatable bonds is 6. The van der Waals surface area contributed by atoms with Gasteiger partial charge in [0.05, 0.1) is 18.5 Å². The predicted octanol–water partition coefficient (Wildman–Crippen LogP) is 3.68. The summed E-state index contributed by atoms with van der Waals surface area (Å²) in [6.07, 6.45) is 2.00. The SMILES string of the molecule is COc1ccc(-c2cc(C(=O)NC(C)(C)C(=O)N3CCCC3)nn2-c2ccccc2)cc1. The Labute approximate surface area is 188 Å². The number of amides is 2. The zero-order chi connectivity index (χ0) is 22.7. The quantitative estimate of drug-likeness (QED) is 0.645. The molecule has 2 amide bonds. The highest BCUT2D eigenvalue weighted by Crippen LogP contribution is 2.26. The molecule has 32 heavy (non-hydrogen) atoms. The molecular formula is C25H28N4O3. The van der Waals surface area contributed by atoms with Crippen molar-refractivity contribution >= 4 is 11.8 Å². The first-order chi connectivity index (χ1) is 15.4. The first-order valence-electron chi connectivity index (χ1n) is 10.8. The molecule has 0 radical (unpaired) electrons. The average molecular weight is 433 g/mol. The van der Waals surface area contributed by atoms with E-state index in [4.69, 9.17) is 4.74 Å². The van der Waals surface area contributed by atoms with E-state index in [0.717, 1.165) is 48.6 Å². The van der Waals surface area contributed by atoms with Crippen LogP contribution < -0.4 is 10.1 Å². The van der Waals surface area contributed by atoms with Gasteiger partial charge in [0.1, 0.15) is 11.3 Å². The molecule has 1 N–H and O–H groups in total.